The summed E-state index contributed by atoms with van der Waals surface area (Å²) in [5.41, 5.74) is 0.144. The third-order valence-corrected chi connectivity index (χ3v) is 4.39. The Balaban J connectivity index is 2.84. The smallest absolute Gasteiger partial charge is 0.309 e. The molecule has 1 aromatic carbocycles. The Kier molecular flexibility index (Phi) is 8.38. The lowest BCUT2D eigenvalue weighted by Crippen LogP contribution is -2.34. The van der Waals surface area contributed by atoms with Crippen LogP contribution in [0.25, 0.3) is 0 Å². The molecule has 1 unspecified atom stereocenters. The van der Waals surface area contributed by atoms with Gasteiger partial charge in [0.05, 0.1) is 5.41 Å². The molecule has 4 heteroatoms. The second-order valence-corrected chi connectivity index (χ2v) is 6.31. The van der Waals surface area contributed by atoms with E-state index < -0.39 is 17.4 Å². The minimum atomic E-state index is -0.866. The van der Waals surface area contributed by atoms with Crippen LogP contribution in [-0.4, -0.2) is 22.2 Å². The molecule has 0 saturated carbocycles. The number of carbonyl (C=O) groups is 2. The second kappa shape index (κ2) is 10.0. The molecular formula is C19H28O4. The van der Waals surface area contributed by atoms with Crippen molar-refractivity contribution in [3.63, 3.8) is 0 Å². The predicted molar refractivity (Wildman–Crippen MR) is 90.5 cm³/mol. The molecule has 0 radical (unpaired) electrons. The lowest BCUT2D eigenvalue weighted by molar-refractivity contribution is -0.150. The number of hydrogen-bond donors (Lipinski definition) is 2. The monoisotopic (exact) mass is 320 g/mol. The fraction of sp³-hybridized carbons (Fsp3) is 0.579. The molecular weight excluding hydrogens is 292 g/mol. The van der Waals surface area contributed by atoms with Gasteiger partial charge in [-0.3, -0.25) is 9.59 Å². The fourth-order valence-corrected chi connectivity index (χ4v) is 3.05. The molecule has 4 nitrogen and oxygen atoms in total. The van der Waals surface area contributed by atoms with Crippen molar-refractivity contribution in [2.75, 3.05) is 0 Å². The Labute approximate surface area is 138 Å². The van der Waals surface area contributed by atoms with E-state index in [1.807, 2.05) is 30.3 Å². The average molecular weight is 320 g/mol. The van der Waals surface area contributed by atoms with E-state index in [-0.39, 0.29) is 6.42 Å². The number of rotatable bonds is 12. The molecule has 0 heterocycles. The maximum Gasteiger partial charge on any atom is 0.309 e. The van der Waals surface area contributed by atoms with Crippen LogP contribution in [0, 0.1) is 5.41 Å². The van der Waals surface area contributed by atoms with Crippen LogP contribution in [-0.2, 0) is 16.0 Å². The summed E-state index contributed by atoms with van der Waals surface area (Å²) in [4.78, 5) is 22.8. The SMILES string of the molecule is CCCCCCC(CCCC(=O)O)(Cc1ccccc1)C(=O)O. The molecule has 0 amide bonds. The highest BCUT2D eigenvalue weighted by molar-refractivity contribution is 5.75. The van der Waals surface area contributed by atoms with E-state index >= 15 is 0 Å². The highest BCUT2D eigenvalue weighted by Crippen LogP contribution is 2.36. The largest absolute Gasteiger partial charge is 0.481 e. The Hall–Kier alpha value is -1.84. The number of hydrogen-bond acceptors (Lipinski definition) is 2. The normalized spacial score (nSPS) is 13.4. The van der Waals surface area contributed by atoms with Crippen molar-refractivity contribution in [1.82, 2.24) is 0 Å². The summed E-state index contributed by atoms with van der Waals surface area (Å²) in [5.74, 6) is -1.67. The van der Waals surface area contributed by atoms with Gasteiger partial charge >= 0.3 is 11.9 Å². The quantitative estimate of drug-likeness (QED) is 0.555. The minimum Gasteiger partial charge on any atom is -0.481 e. The molecule has 0 saturated heterocycles. The van der Waals surface area contributed by atoms with Crippen LogP contribution in [0.4, 0.5) is 0 Å². The first kappa shape index (κ1) is 19.2. The van der Waals surface area contributed by atoms with E-state index in [4.69, 9.17) is 5.11 Å². The summed E-state index contributed by atoms with van der Waals surface area (Å²) in [5, 5.41) is 18.7. The van der Waals surface area contributed by atoms with Crippen molar-refractivity contribution in [1.29, 1.82) is 0 Å². The topological polar surface area (TPSA) is 74.6 Å². The molecule has 0 bridgehead atoms. The zero-order chi connectivity index (χ0) is 17.1. The third kappa shape index (κ3) is 6.85. The van der Waals surface area contributed by atoms with E-state index in [0.29, 0.717) is 25.7 Å². The van der Waals surface area contributed by atoms with Crippen LogP contribution < -0.4 is 0 Å². The summed E-state index contributed by atoms with van der Waals surface area (Å²) in [6.45, 7) is 2.13. The molecule has 1 rings (SSSR count). The maximum absolute atomic E-state index is 12.0. The first-order valence-electron chi connectivity index (χ1n) is 8.49. The van der Waals surface area contributed by atoms with Gasteiger partial charge in [-0.2, -0.15) is 0 Å². The van der Waals surface area contributed by atoms with Crippen molar-refractivity contribution in [3.8, 4) is 0 Å². The molecule has 2 N–H and O–H groups in total. The Bertz CT molecular complexity index is 483. The standard InChI is InChI=1S/C19H28O4/c1-2-3-4-8-13-19(18(22)23,14-9-12-17(20)21)15-16-10-6-5-7-11-16/h5-7,10-11H,2-4,8-9,12-15H2,1H3,(H,20,21)(H,22,23). The van der Waals surface area contributed by atoms with Crippen LogP contribution in [0.3, 0.4) is 0 Å². The molecule has 0 aliphatic rings. The zero-order valence-electron chi connectivity index (χ0n) is 14.0. The first-order chi connectivity index (χ1) is 11.0. The van der Waals surface area contributed by atoms with Crippen LogP contribution in [0.15, 0.2) is 30.3 Å². The Morgan fingerprint density at radius 2 is 1.61 bits per heavy atom. The van der Waals surface area contributed by atoms with E-state index in [0.717, 1.165) is 31.2 Å². The van der Waals surface area contributed by atoms with E-state index in [1.54, 1.807) is 0 Å². The van der Waals surface area contributed by atoms with Crippen LogP contribution in [0.1, 0.15) is 63.9 Å². The maximum atomic E-state index is 12.0. The van der Waals surface area contributed by atoms with Gasteiger partial charge in [-0.15, -0.1) is 0 Å². The number of aliphatic carboxylic acids is 2. The summed E-state index contributed by atoms with van der Waals surface area (Å²) < 4.78 is 0. The molecule has 1 aromatic rings. The van der Waals surface area contributed by atoms with Gasteiger partial charge < -0.3 is 10.2 Å². The van der Waals surface area contributed by atoms with Gasteiger partial charge in [-0.25, -0.2) is 0 Å². The van der Waals surface area contributed by atoms with Crippen molar-refractivity contribution >= 4 is 11.9 Å². The van der Waals surface area contributed by atoms with Gasteiger partial charge in [0.2, 0.25) is 0 Å². The average Bonchev–Trinajstić information content (AvgIpc) is 2.51. The second-order valence-electron chi connectivity index (χ2n) is 6.31. The fourth-order valence-electron chi connectivity index (χ4n) is 3.05. The number of benzene rings is 1. The molecule has 1 atom stereocenters. The first-order valence-corrected chi connectivity index (χ1v) is 8.49. The van der Waals surface area contributed by atoms with Crippen molar-refractivity contribution < 1.29 is 19.8 Å². The molecule has 0 aliphatic carbocycles. The van der Waals surface area contributed by atoms with Gasteiger partial charge in [0.1, 0.15) is 0 Å². The lowest BCUT2D eigenvalue weighted by atomic mass is 9.73. The molecule has 23 heavy (non-hydrogen) atoms. The van der Waals surface area contributed by atoms with Crippen molar-refractivity contribution in [3.05, 3.63) is 35.9 Å². The number of unbranched alkanes of at least 4 members (excludes halogenated alkanes) is 3. The van der Waals surface area contributed by atoms with Crippen molar-refractivity contribution in [2.45, 2.75) is 64.7 Å². The van der Waals surface area contributed by atoms with E-state index in [9.17, 15) is 14.7 Å². The molecule has 0 aliphatic heterocycles. The summed E-state index contributed by atoms with van der Waals surface area (Å²) in [6, 6.07) is 9.63. The van der Waals surface area contributed by atoms with Crippen molar-refractivity contribution in [2.24, 2.45) is 5.41 Å². The van der Waals surface area contributed by atoms with Gasteiger partial charge in [0.25, 0.3) is 0 Å². The Morgan fingerprint density at radius 3 is 2.17 bits per heavy atom. The van der Waals surface area contributed by atoms with Gasteiger partial charge in [-0.1, -0.05) is 62.9 Å². The van der Waals surface area contributed by atoms with E-state index in [2.05, 4.69) is 6.92 Å². The third-order valence-electron chi connectivity index (χ3n) is 4.39. The number of carboxylic acids is 2. The van der Waals surface area contributed by atoms with Crippen LogP contribution in [0.2, 0.25) is 0 Å². The zero-order valence-corrected chi connectivity index (χ0v) is 14.0. The molecule has 0 fully saturated rings. The van der Waals surface area contributed by atoms with E-state index in [1.165, 1.54) is 0 Å². The number of carboxylic acid groups (broad SMARTS) is 2. The summed E-state index contributed by atoms with van der Waals surface area (Å²) in [7, 11) is 0. The summed E-state index contributed by atoms with van der Waals surface area (Å²) in [6.07, 6.45) is 6.04. The molecule has 0 spiro atoms. The summed E-state index contributed by atoms with van der Waals surface area (Å²) >= 11 is 0. The van der Waals surface area contributed by atoms with Gasteiger partial charge in [-0.05, 0) is 31.2 Å². The van der Waals surface area contributed by atoms with Crippen LogP contribution in [0.5, 0.6) is 0 Å². The van der Waals surface area contributed by atoms with Gasteiger partial charge in [0, 0.05) is 6.42 Å². The van der Waals surface area contributed by atoms with Gasteiger partial charge in [0.15, 0.2) is 0 Å². The molecule has 128 valence electrons. The highest BCUT2D eigenvalue weighted by atomic mass is 16.4. The Morgan fingerprint density at radius 1 is 0.957 bits per heavy atom. The predicted octanol–water partition coefficient (Wildman–Crippen LogP) is 4.53. The molecule has 0 aromatic heterocycles. The minimum absolute atomic E-state index is 0.0266. The van der Waals surface area contributed by atoms with Crippen LogP contribution >= 0.6 is 0 Å². The lowest BCUT2D eigenvalue weighted by Gasteiger charge is -2.30. The highest BCUT2D eigenvalue weighted by Gasteiger charge is 2.37.